The summed E-state index contributed by atoms with van der Waals surface area (Å²) in [5.41, 5.74) is 3.65. The molecule has 2 rings (SSSR count). The van der Waals surface area contributed by atoms with Crippen LogP contribution in [-0.4, -0.2) is 25.1 Å². The number of rotatable bonds is 6. The zero-order valence-electron chi connectivity index (χ0n) is 12.2. The van der Waals surface area contributed by atoms with Crippen molar-refractivity contribution in [2.24, 2.45) is 0 Å². The van der Waals surface area contributed by atoms with Gasteiger partial charge in [-0.3, -0.25) is 9.63 Å². The second-order valence-corrected chi connectivity index (χ2v) is 4.62. The van der Waals surface area contributed by atoms with Crippen molar-refractivity contribution in [1.82, 2.24) is 5.48 Å². The van der Waals surface area contributed by atoms with Gasteiger partial charge in [-0.25, -0.2) is 10.3 Å². The van der Waals surface area contributed by atoms with Crippen molar-refractivity contribution in [2.45, 2.75) is 12.5 Å². The summed E-state index contributed by atoms with van der Waals surface area (Å²) in [6.45, 7) is 0. The van der Waals surface area contributed by atoms with Crippen molar-refractivity contribution >= 4 is 11.9 Å². The maximum absolute atomic E-state index is 11.9. The monoisotopic (exact) mass is 299 g/mol. The molecule has 2 aromatic carbocycles. The molecule has 0 heterocycles. The Morgan fingerprint density at radius 2 is 1.59 bits per heavy atom. The fourth-order valence-corrected chi connectivity index (χ4v) is 1.91. The van der Waals surface area contributed by atoms with Gasteiger partial charge in [-0.15, -0.1) is 0 Å². The fraction of sp³-hybridized carbons (Fsp3) is 0.176. The summed E-state index contributed by atoms with van der Waals surface area (Å²) < 4.78 is 4.71. The summed E-state index contributed by atoms with van der Waals surface area (Å²) in [7, 11) is 1.28. The Morgan fingerprint density at radius 1 is 1.00 bits per heavy atom. The first-order chi connectivity index (χ1) is 10.7. The third-order valence-electron chi connectivity index (χ3n) is 3.06. The zero-order chi connectivity index (χ0) is 15.8. The van der Waals surface area contributed by atoms with E-state index in [1.165, 1.54) is 7.11 Å². The van der Waals surface area contributed by atoms with Crippen molar-refractivity contribution in [3.05, 3.63) is 71.8 Å². The van der Waals surface area contributed by atoms with Gasteiger partial charge in [0.2, 0.25) is 0 Å². The average Bonchev–Trinajstić information content (AvgIpc) is 2.59. The van der Waals surface area contributed by atoms with Crippen LogP contribution in [0.4, 0.5) is 0 Å². The van der Waals surface area contributed by atoms with E-state index in [2.05, 4.69) is 5.48 Å². The van der Waals surface area contributed by atoms with Gasteiger partial charge in [0.05, 0.1) is 7.11 Å². The van der Waals surface area contributed by atoms with Crippen molar-refractivity contribution in [2.75, 3.05) is 7.11 Å². The Hall–Kier alpha value is -2.66. The molecule has 0 aliphatic heterocycles. The van der Waals surface area contributed by atoms with Crippen LogP contribution in [0, 0.1) is 0 Å². The van der Waals surface area contributed by atoms with Gasteiger partial charge < -0.3 is 4.74 Å². The van der Waals surface area contributed by atoms with E-state index in [1.54, 1.807) is 24.3 Å². The van der Waals surface area contributed by atoms with Crippen LogP contribution < -0.4 is 5.48 Å². The minimum atomic E-state index is -0.903. The van der Waals surface area contributed by atoms with Crippen LogP contribution >= 0.6 is 0 Å². The second-order valence-electron chi connectivity index (χ2n) is 4.62. The number of hydrogen-bond donors (Lipinski definition) is 1. The van der Waals surface area contributed by atoms with Gasteiger partial charge in [0.15, 0.2) is 6.10 Å². The second kappa shape index (κ2) is 7.95. The van der Waals surface area contributed by atoms with Gasteiger partial charge in [0, 0.05) is 12.0 Å². The first-order valence-electron chi connectivity index (χ1n) is 6.83. The molecule has 1 amide bonds. The molecule has 0 spiro atoms. The molecule has 5 heteroatoms. The Labute approximate surface area is 128 Å². The van der Waals surface area contributed by atoms with E-state index in [0.717, 1.165) is 5.56 Å². The molecule has 0 fully saturated rings. The number of methoxy groups -OCH3 is 1. The minimum Gasteiger partial charge on any atom is -0.467 e. The van der Waals surface area contributed by atoms with Crippen LogP contribution in [0.5, 0.6) is 0 Å². The third kappa shape index (κ3) is 4.43. The van der Waals surface area contributed by atoms with E-state index in [9.17, 15) is 9.59 Å². The number of carbonyl (C=O) groups excluding carboxylic acids is 2. The van der Waals surface area contributed by atoms with E-state index in [1.807, 2.05) is 36.4 Å². The van der Waals surface area contributed by atoms with E-state index < -0.39 is 18.0 Å². The van der Waals surface area contributed by atoms with E-state index >= 15 is 0 Å². The average molecular weight is 299 g/mol. The van der Waals surface area contributed by atoms with Crippen molar-refractivity contribution in [3.8, 4) is 0 Å². The van der Waals surface area contributed by atoms with Gasteiger partial charge >= 0.3 is 5.97 Å². The SMILES string of the molecule is COC(=O)[C@H](Cc1ccccc1)ONC(=O)c1ccccc1. The van der Waals surface area contributed by atoms with Gasteiger partial charge in [-0.05, 0) is 17.7 Å². The Balaban J connectivity index is 1.98. The molecule has 0 bridgehead atoms. The quantitative estimate of drug-likeness (QED) is 0.655. The molecule has 22 heavy (non-hydrogen) atoms. The summed E-state index contributed by atoms with van der Waals surface area (Å²) in [4.78, 5) is 28.9. The molecule has 5 nitrogen and oxygen atoms in total. The lowest BCUT2D eigenvalue weighted by Crippen LogP contribution is -2.36. The maximum atomic E-state index is 11.9. The molecule has 1 N–H and O–H groups in total. The number of hydrogen-bond acceptors (Lipinski definition) is 4. The molecule has 114 valence electrons. The number of ether oxygens (including phenoxy) is 1. The summed E-state index contributed by atoms with van der Waals surface area (Å²) in [5, 5.41) is 0. The Kier molecular flexibility index (Phi) is 5.68. The van der Waals surface area contributed by atoms with Crippen LogP contribution in [0.2, 0.25) is 0 Å². The molecule has 0 unspecified atom stereocenters. The number of benzene rings is 2. The highest BCUT2D eigenvalue weighted by Gasteiger charge is 2.22. The number of carbonyl (C=O) groups is 2. The van der Waals surface area contributed by atoms with Gasteiger partial charge in [-0.1, -0.05) is 48.5 Å². The number of hydroxylamine groups is 1. The molecule has 0 aliphatic rings. The lowest BCUT2D eigenvalue weighted by Gasteiger charge is -2.15. The molecule has 0 aliphatic carbocycles. The van der Waals surface area contributed by atoms with Gasteiger partial charge in [0.1, 0.15) is 0 Å². The lowest BCUT2D eigenvalue weighted by atomic mass is 10.1. The minimum absolute atomic E-state index is 0.308. The third-order valence-corrected chi connectivity index (χ3v) is 3.06. The summed E-state index contributed by atoms with van der Waals surface area (Å²) in [5.74, 6) is -0.959. The topological polar surface area (TPSA) is 64.6 Å². The predicted octanol–water partition coefficient (Wildman–Crippen LogP) is 2.13. The summed E-state index contributed by atoms with van der Waals surface area (Å²) in [6, 6.07) is 18.0. The molecule has 0 saturated heterocycles. The number of amides is 1. The molecule has 1 atom stereocenters. The summed E-state index contributed by atoms with van der Waals surface area (Å²) in [6.07, 6.45) is -0.595. The van der Waals surface area contributed by atoms with Crippen LogP contribution in [-0.2, 0) is 20.8 Å². The summed E-state index contributed by atoms with van der Waals surface area (Å²) >= 11 is 0. The van der Waals surface area contributed by atoms with Crippen molar-refractivity contribution in [1.29, 1.82) is 0 Å². The highest BCUT2D eigenvalue weighted by molar-refractivity contribution is 5.93. The number of esters is 1. The zero-order valence-corrected chi connectivity index (χ0v) is 12.2. The smallest absolute Gasteiger partial charge is 0.338 e. The van der Waals surface area contributed by atoms with Crippen LogP contribution in [0.25, 0.3) is 0 Å². The molecule has 0 saturated carbocycles. The largest absolute Gasteiger partial charge is 0.467 e. The highest BCUT2D eigenvalue weighted by atomic mass is 16.7. The predicted molar refractivity (Wildman–Crippen MR) is 80.9 cm³/mol. The number of nitrogens with one attached hydrogen (secondary N) is 1. The van der Waals surface area contributed by atoms with E-state index in [4.69, 9.17) is 9.57 Å². The van der Waals surface area contributed by atoms with Crippen molar-refractivity contribution < 1.29 is 19.2 Å². The first-order valence-corrected chi connectivity index (χ1v) is 6.83. The maximum Gasteiger partial charge on any atom is 0.338 e. The molecular weight excluding hydrogens is 282 g/mol. The molecular formula is C17H17NO4. The van der Waals surface area contributed by atoms with Crippen LogP contribution in [0.1, 0.15) is 15.9 Å². The van der Waals surface area contributed by atoms with E-state index in [0.29, 0.717) is 12.0 Å². The Morgan fingerprint density at radius 3 is 2.18 bits per heavy atom. The van der Waals surface area contributed by atoms with Crippen LogP contribution in [0.3, 0.4) is 0 Å². The highest BCUT2D eigenvalue weighted by Crippen LogP contribution is 2.07. The van der Waals surface area contributed by atoms with Gasteiger partial charge in [-0.2, -0.15) is 0 Å². The fourth-order valence-electron chi connectivity index (χ4n) is 1.91. The molecule has 0 radical (unpaired) electrons. The van der Waals surface area contributed by atoms with Gasteiger partial charge in [0.25, 0.3) is 5.91 Å². The molecule has 2 aromatic rings. The van der Waals surface area contributed by atoms with E-state index in [-0.39, 0.29) is 0 Å². The van der Waals surface area contributed by atoms with Crippen molar-refractivity contribution in [3.63, 3.8) is 0 Å². The molecule has 0 aromatic heterocycles. The standard InChI is InChI=1S/C17H17NO4/c1-21-17(20)15(12-13-8-4-2-5-9-13)22-18-16(19)14-10-6-3-7-11-14/h2-11,15H,12H2,1H3,(H,18,19)/t15-/m0/s1. The first kappa shape index (κ1) is 15.7. The lowest BCUT2D eigenvalue weighted by molar-refractivity contribution is -0.157. The normalized spacial score (nSPS) is 11.5. The Bertz CT molecular complexity index is 613. The van der Waals surface area contributed by atoms with Crippen LogP contribution in [0.15, 0.2) is 60.7 Å².